The van der Waals surface area contributed by atoms with Crippen LogP contribution in [0.5, 0.6) is 5.75 Å². The lowest BCUT2D eigenvalue weighted by atomic mass is 10.1. The fraction of sp³-hybridized carbons (Fsp3) is 0.391. The molecule has 8 heteroatoms. The van der Waals surface area contributed by atoms with Crippen LogP contribution in [0.4, 0.5) is 5.69 Å². The van der Waals surface area contributed by atoms with E-state index < -0.39 is 0 Å². The number of methoxy groups -OCH3 is 1. The molecule has 8 nitrogen and oxygen atoms in total. The Morgan fingerprint density at radius 3 is 2.74 bits per heavy atom. The molecule has 1 aliphatic carbocycles. The largest absolute Gasteiger partial charge is 0.497 e. The van der Waals surface area contributed by atoms with Crippen LogP contribution in [0, 0.1) is 6.92 Å². The molecule has 1 saturated carbocycles. The third-order valence-electron chi connectivity index (χ3n) is 5.57. The van der Waals surface area contributed by atoms with Crippen molar-refractivity contribution in [1.82, 2.24) is 19.7 Å². The number of ether oxygens (including phenoxy) is 1. The van der Waals surface area contributed by atoms with Crippen LogP contribution in [0.2, 0.25) is 0 Å². The highest BCUT2D eigenvalue weighted by molar-refractivity contribution is 6.08. The van der Waals surface area contributed by atoms with E-state index in [0.29, 0.717) is 35.1 Å². The van der Waals surface area contributed by atoms with E-state index in [2.05, 4.69) is 10.4 Å². The van der Waals surface area contributed by atoms with E-state index in [0.717, 1.165) is 29.6 Å². The molecule has 0 saturated heterocycles. The summed E-state index contributed by atoms with van der Waals surface area (Å²) >= 11 is 0. The topological polar surface area (TPSA) is 89.3 Å². The number of pyridine rings is 1. The second kappa shape index (κ2) is 8.37. The fourth-order valence-corrected chi connectivity index (χ4v) is 3.79. The first-order valence-electron chi connectivity index (χ1n) is 10.5. The van der Waals surface area contributed by atoms with Crippen molar-refractivity contribution >= 4 is 28.5 Å². The Balaban J connectivity index is 1.59. The van der Waals surface area contributed by atoms with E-state index in [1.54, 1.807) is 41.0 Å². The Hall–Kier alpha value is -3.42. The van der Waals surface area contributed by atoms with Gasteiger partial charge in [0.2, 0.25) is 5.91 Å². The summed E-state index contributed by atoms with van der Waals surface area (Å²) in [6.07, 6.45) is 2.17. The maximum atomic E-state index is 13.5. The van der Waals surface area contributed by atoms with Crippen LogP contribution >= 0.6 is 0 Å². The number of hydrogen-bond acceptors (Lipinski definition) is 5. The molecule has 1 fully saturated rings. The summed E-state index contributed by atoms with van der Waals surface area (Å²) in [4.78, 5) is 32.5. The van der Waals surface area contributed by atoms with Gasteiger partial charge in [0.1, 0.15) is 12.3 Å². The number of nitrogens with zero attached hydrogens (tertiary/aromatic N) is 4. The van der Waals surface area contributed by atoms with E-state index in [-0.39, 0.29) is 18.4 Å². The van der Waals surface area contributed by atoms with Gasteiger partial charge in [-0.25, -0.2) is 4.98 Å². The molecule has 0 spiro atoms. The van der Waals surface area contributed by atoms with E-state index in [4.69, 9.17) is 9.72 Å². The summed E-state index contributed by atoms with van der Waals surface area (Å²) in [5, 5.41) is 8.06. The molecule has 1 aromatic carbocycles. The first kappa shape index (κ1) is 20.8. The van der Waals surface area contributed by atoms with Crippen molar-refractivity contribution in [2.45, 2.75) is 32.6 Å². The Kier molecular flexibility index (Phi) is 5.63. The number of amides is 2. The van der Waals surface area contributed by atoms with Gasteiger partial charge in [-0.3, -0.25) is 14.3 Å². The average molecular weight is 422 g/mol. The molecule has 4 rings (SSSR count). The molecule has 2 amide bonds. The Morgan fingerprint density at radius 2 is 2.06 bits per heavy atom. The van der Waals surface area contributed by atoms with Crippen LogP contribution in [0.15, 0.2) is 30.3 Å². The predicted octanol–water partition coefficient (Wildman–Crippen LogP) is 3.26. The zero-order valence-corrected chi connectivity index (χ0v) is 18.3. The lowest BCUT2D eigenvalue weighted by Gasteiger charge is -2.21. The van der Waals surface area contributed by atoms with Crippen molar-refractivity contribution in [3.05, 3.63) is 47.3 Å². The molecule has 31 heavy (non-hydrogen) atoms. The minimum Gasteiger partial charge on any atom is -0.497 e. The fourth-order valence-electron chi connectivity index (χ4n) is 3.79. The van der Waals surface area contributed by atoms with Gasteiger partial charge < -0.3 is 15.0 Å². The smallest absolute Gasteiger partial charge is 0.255 e. The summed E-state index contributed by atoms with van der Waals surface area (Å²) < 4.78 is 6.92. The molecule has 0 unspecified atom stereocenters. The number of carbonyl (C=O) groups excluding carboxylic acids is 2. The molecule has 2 aromatic heterocycles. The molecule has 0 atom stereocenters. The zero-order valence-electron chi connectivity index (χ0n) is 18.3. The summed E-state index contributed by atoms with van der Waals surface area (Å²) in [5.74, 6) is 0.602. The monoisotopic (exact) mass is 421 g/mol. The third-order valence-corrected chi connectivity index (χ3v) is 5.57. The van der Waals surface area contributed by atoms with Crippen molar-refractivity contribution in [3.63, 3.8) is 0 Å². The number of anilines is 1. The molecule has 1 N–H and O–H groups in total. The van der Waals surface area contributed by atoms with Crippen molar-refractivity contribution in [2.24, 2.45) is 7.05 Å². The number of likely N-dealkylation sites (N-methyl/N-ethyl adjacent to an activating group) is 1. The summed E-state index contributed by atoms with van der Waals surface area (Å²) in [5.41, 5.74) is 3.58. The first-order chi connectivity index (χ1) is 14.9. The third kappa shape index (κ3) is 4.23. The average Bonchev–Trinajstić information content (AvgIpc) is 3.57. The predicted molar refractivity (Wildman–Crippen MR) is 118 cm³/mol. The second-order valence-electron chi connectivity index (χ2n) is 7.88. The quantitative estimate of drug-likeness (QED) is 0.632. The van der Waals surface area contributed by atoms with E-state index in [1.807, 2.05) is 27.0 Å². The molecular formula is C23H27N5O3. The number of aromatic nitrogens is 3. The molecular weight excluding hydrogens is 394 g/mol. The normalized spacial score (nSPS) is 13.3. The number of nitrogens with one attached hydrogen (secondary N) is 1. The van der Waals surface area contributed by atoms with Crippen LogP contribution in [0.3, 0.4) is 0 Å². The van der Waals surface area contributed by atoms with Crippen LogP contribution in [0.25, 0.3) is 11.0 Å². The molecule has 162 valence electrons. The van der Waals surface area contributed by atoms with Crippen LogP contribution in [-0.4, -0.2) is 51.7 Å². The van der Waals surface area contributed by atoms with E-state index in [1.165, 1.54) is 0 Å². The molecule has 0 radical (unpaired) electrons. The van der Waals surface area contributed by atoms with Crippen LogP contribution in [-0.2, 0) is 11.8 Å². The van der Waals surface area contributed by atoms with Gasteiger partial charge in [-0.05, 0) is 44.9 Å². The standard InChI is InChI=1S/C23H27N5O3/c1-5-28(13-20(29)24-16-7-6-8-17(11-16)31-4)23(30)18-12-19(15-9-10-15)25-22-21(18)14(2)26-27(22)3/h6-8,11-12,15H,5,9-10,13H2,1-4H3,(H,24,29). The van der Waals surface area contributed by atoms with Crippen molar-refractivity contribution < 1.29 is 14.3 Å². The van der Waals surface area contributed by atoms with Crippen molar-refractivity contribution in [1.29, 1.82) is 0 Å². The van der Waals surface area contributed by atoms with Gasteiger partial charge in [0, 0.05) is 37.0 Å². The summed E-state index contributed by atoms with van der Waals surface area (Å²) in [7, 11) is 3.41. The van der Waals surface area contributed by atoms with Crippen LogP contribution < -0.4 is 10.1 Å². The Bertz CT molecular complexity index is 1150. The highest BCUT2D eigenvalue weighted by Gasteiger charge is 2.30. The number of fused-ring (bicyclic) bond motifs is 1. The molecule has 0 bridgehead atoms. The van der Waals surface area contributed by atoms with Gasteiger partial charge in [0.05, 0.1) is 23.8 Å². The van der Waals surface area contributed by atoms with Crippen LogP contribution in [0.1, 0.15) is 47.4 Å². The maximum Gasteiger partial charge on any atom is 0.255 e. The first-order valence-corrected chi connectivity index (χ1v) is 10.5. The minimum atomic E-state index is -0.265. The van der Waals surface area contributed by atoms with Crippen molar-refractivity contribution in [3.8, 4) is 5.75 Å². The molecule has 2 heterocycles. The van der Waals surface area contributed by atoms with Gasteiger partial charge in [0.15, 0.2) is 5.65 Å². The number of hydrogen-bond donors (Lipinski definition) is 1. The number of carbonyl (C=O) groups is 2. The second-order valence-corrected chi connectivity index (χ2v) is 7.88. The van der Waals surface area contributed by atoms with Gasteiger partial charge in [-0.1, -0.05) is 6.07 Å². The molecule has 1 aliphatic rings. The summed E-state index contributed by atoms with van der Waals surface area (Å²) in [6.45, 7) is 4.11. The van der Waals surface area contributed by atoms with Gasteiger partial charge >= 0.3 is 0 Å². The highest BCUT2D eigenvalue weighted by Crippen LogP contribution is 2.40. The Morgan fingerprint density at radius 1 is 1.29 bits per heavy atom. The summed E-state index contributed by atoms with van der Waals surface area (Å²) in [6, 6.07) is 9.02. The Labute approximate surface area is 181 Å². The van der Waals surface area contributed by atoms with E-state index >= 15 is 0 Å². The SMILES string of the molecule is CCN(CC(=O)Nc1cccc(OC)c1)C(=O)c1cc(C2CC2)nc2c1c(C)nn2C. The number of aryl methyl sites for hydroxylation is 2. The van der Waals surface area contributed by atoms with Gasteiger partial charge in [-0.15, -0.1) is 0 Å². The molecule has 3 aromatic rings. The zero-order chi connectivity index (χ0) is 22.1. The minimum absolute atomic E-state index is 0.0472. The highest BCUT2D eigenvalue weighted by atomic mass is 16.5. The van der Waals surface area contributed by atoms with Crippen molar-refractivity contribution in [2.75, 3.05) is 25.5 Å². The number of benzene rings is 1. The lowest BCUT2D eigenvalue weighted by molar-refractivity contribution is -0.116. The number of rotatable bonds is 7. The molecule has 0 aliphatic heterocycles. The van der Waals surface area contributed by atoms with Gasteiger partial charge in [0.25, 0.3) is 5.91 Å². The van der Waals surface area contributed by atoms with E-state index in [9.17, 15) is 9.59 Å². The van der Waals surface area contributed by atoms with Gasteiger partial charge in [-0.2, -0.15) is 5.10 Å². The maximum absolute atomic E-state index is 13.5. The lowest BCUT2D eigenvalue weighted by Crippen LogP contribution is -2.38.